The minimum atomic E-state index is -0.929. The van der Waals surface area contributed by atoms with Crippen molar-refractivity contribution in [1.29, 1.82) is 0 Å². The van der Waals surface area contributed by atoms with Gasteiger partial charge in [0.15, 0.2) is 0 Å². The number of thioether (sulfide) groups is 1. The molecule has 3 atom stereocenters. The van der Waals surface area contributed by atoms with Crippen LogP contribution in [0.15, 0.2) is 82.6 Å². The number of rotatable bonds is 6. The van der Waals surface area contributed by atoms with Crippen LogP contribution in [-0.4, -0.2) is 32.5 Å². The number of aromatic nitrogens is 1. The van der Waals surface area contributed by atoms with Crippen LogP contribution in [0.4, 0.5) is 21.5 Å². The molecule has 0 saturated carbocycles. The molecular weight excluding hydrogens is 607 g/mol. The van der Waals surface area contributed by atoms with E-state index >= 15 is 0 Å². The number of thiazole rings is 1. The van der Waals surface area contributed by atoms with Crippen molar-refractivity contribution in [2.24, 2.45) is 5.92 Å². The number of hydrogen-bond donors (Lipinski definition) is 1. The van der Waals surface area contributed by atoms with Gasteiger partial charge in [-0.3, -0.25) is 33.9 Å². The highest BCUT2D eigenvalue weighted by Crippen LogP contribution is 2.54. The molecule has 42 heavy (non-hydrogen) atoms. The van der Waals surface area contributed by atoms with Crippen molar-refractivity contribution in [2.75, 3.05) is 10.2 Å². The lowest BCUT2D eigenvalue weighted by Gasteiger charge is -2.30. The van der Waals surface area contributed by atoms with E-state index in [0.717, 1.165) is 28.0 Å². The highest BCUT2D eigenvalue weighted by atomic mass is 35.5. The molecular formula is C28H18ClFN4O6S2. The van der Waals surface area contributed by atoms with Gasteiger partial charge in [-0.25, -0.2) is 9.29 Å². The number of anilines is 2. The summed E-state index contributed by atoms with van der Waals surface area (Å²) in [5.41, 5.74) is 1.01. The molecule has 0 spiro atoms. The molecule has 1 aromatic heterocycles. The molecule has 212 valence electrons. The van der Waals surface area contributed by atoms with Gasteiger partial charge in [0.25, 0.3) is 5.69 Å². The first kappa shape index (κ1) is 27.8. The summed E-state index contributed by atoms with van der Waals surface area (Å²) in [5.74, 6) is -3.61. The van der Waals surface area contributed by atoms with E-state index in [1.54, 1.807) is 24.3 Å². The Kier molecular flexibility index (Phi) is 7.17. The van der Waals surface area contributed by atoms with E-state index in [4.69, 9.17) is 11.6 Å². The van der Waals surface area contributed by atoms with Crippen molar-refractivity contribution in [2.45, 2.75) is 22.7 Å². The van der Waals surface area contributed by atoms with E-state index in [-0.39, 0.29) is 17.9 Å². The first-order valence-electron chi connectivity index (χ1n) is 12.5. The maximum Gasteiger partial charge on any atom is 0.308 e. The normalized spacial score (nSPS) is 19.4. The second kappa shape index (κ2) is 10.8. The Balaban J connectivity index is 1.39. The molecule has 4 aromatic rings. The zero-order chi connectivity index (χ0) is 29.7. The van der Waals surface area contributed by atoms with Crippen LogP contribution in [0.25, 0.3) is 0 Å². The van der Waals surface area contributed by atoms with Gasteiger partial charge in [0, 0.05) is 33.6 Å². The monoisotopic (exact) mass is 624 g/mol. The van der Waals surface area contributed by atoms with E-state index in [9.17, 15) is 33.7 Å². The molecule has 6 rings (SSSR count). The molecule has 3 amide bonds. The van der Waals surface area contributed by atoms with E-state index in [0.29, 0.717) is 26.2 Å². The topological polar surface area (TPSA) is 132 Å². The molecule has 1 N–H and O–H groups in total. The minimum absolute atomic E-state index is 0.186. The summed E-state index contributed by atoms with van der Waals surface area (Å²) in [6.45, 7) is -0.367. The Morgan fingerprint density at radius 1 is 0.976 bits per heavy atom. The van der Waals surface area contributed by atoms with Gasteiger partial charge in [-0.2, -0.15) is 0 Å². The number of imide groups is 1. The van der Waals surface area contributed by atoms with Crippen molar-refractivity contribution in [3.8, 4) is 0 Å². The number of carbonyl (C=O) groups is 3. The van der Waals surface area contributed by atoms with E-state index in [1.807, 2.05) is 0 Å². The van der Waals surface area contributed by atoms with Crippen LogP contribution in [0.3, 0.4) is 0 Å². The van der Waals surface area contributed by atoms with Gasteiger partial charge >= 0.3 is 4.87 Å². The number of nitro benzene ring substituents is 1. The number of non-ortho nitro benzene ring substituents is 1. The number of nitro groups is 1. The fourth-order valence-electron chi connectivity index (χ4n) is 5.14. The second-order valence-corrected chi connectivity index (χ2v) is 12.1. The number of carbonyl (C=O) groups excluding carboxylic acids is 3. The molecule has 1 fully saturated rings. The first-order chi connectivity index (χ1) is 20.1. The molecule has 1 saturated heterocycles. The summed E-state index contributed by atoms with van der Waals surface area (Å²) in [6.07, 6.45) is 0. The smallest absolute Gasteiger partial charge is 0.308 e. The number of nitrogens with one attached hydrogen (secondary N) is 1. The fraction of sp³-hybridized carbons (Fsp3) is 0.143. The number of hydrogen-bond acceptors (Lipinski definition) is 8. The van der Waals surface area contributed by atoms with Crippen LogP contribution in [0.2, 0.25) is 5.02 Å². The lowest BCUT2D eigenvalue weighted by Crippen LogP contribution is -2.33. The van der Waals surface area contributed by atoms with Crippen LogP contribution >= 0.6 is 34.7 Å². The second-order valence-electron chi connectivity index (χ2n) is 9.56. The Morgan fingerprint density at radius 2 is 1.64 bits per heavy atom. The van der Waals surface area contributed by atoms with Gasteiger partial charge in [0.1, 0.15) is 17.6 Å². The third kappa shape index (κ3) is 4.89. The van der Waals surface area contributed by atoms with Crippen molar-refractivity contribution >= 4 is 69.5 Å². The number of fused-ring (bicyclic) bond motifs is 2. The average molecular weight is 625 g/mol. The third-order valence-electron chi connectivity index (χ3n) is 7.03. The zero-order valence-electron chi connectivity index (χ0n) is 21.2. The molecule has 3 aromatic carbocycles. The maximum absolute atomic E-state index is 13.9. The minimum Gasteiger partial charge on any atom is -0.325 e. The SMILES string of the molecule is O=C(Cn1c2c(sc1=O)[C@@H](c1ccc(Cl)cc1)C1C(=O)N(c3ccc([N+](=O)[O-])cc3)C(=O)C1S2)Nc1ccc(F)cc1. The van der Waals surface area contributed by atoms with Crippen LogP contribution in [0, 0.1) is 21.8 Å². The largest absolute Gasteiger partial charge is 0.325 e. The molecule has 0 radical (unpaired) electrons. The van der Waals surface area contributed by atoms with Crippen molar-refractivity contribution < 1.29 is 23.7 Å². The quantitative estimate of drug-likeness (QED) is 0.180. The summed E-state index contributed by atoms with van der Waals surface area (Å²) in [5, 5.41) is 13.7. The van der Waals surface area contributed by atoms with E-state index in [1.165, 1.54) is 53.1 Å². The summed E-state index contributed by atoms with van der Waals surface area (Å²) < 4.78 is 14.5. The average Bonchev–Trinajstić information content (AvgIpc) is 3.41. The molecule has 2 aliphatic rings. The van der Waals surface area contributed by atoms with Gasteiger partial charge < -0.3 is 5.32 Å². The predicted molar refractivity (Wildman–Crippen MR) is 156 cm³/mol. The van der Waals surface area contributed by atoms with Gasteiger partial charge in [0.05, 0.1) is 21.6 Å². The van der Waals surface area contributed by atoms with E-state index < -0.39 is 50.4 Å². The van der Waals surface area contributed by atoms with Crippen molar-refractivity contribution in [3.05, 3.63) is 114 Å². The predicted octanol–water partition coefficient (Wildman–Crippen LogP) is 5.05. The molecule has 2 aliphatic heterocycles. The highest BCUT2D eigenvalue weighted by molar-refractivity contribution is 8.00. The number of benzene rings is 3. The number of halogens is 2. The Hall–Kier alpha value is -4.33. The number of nitrogens with zero attached hydrogens (tertiary/aromatic N) is 3. The van der Waals surface area contributed by atoms with Crippen LogP contribution < -0.4 is 15.1 Å². The van der Waals surface area contributed by atoms with E-state index in [2.05, 4.69) is 5.32 Å². The Bertz CT molecular complexity index is 1810. The van der Waals surface area contributed by atoms with Gasteiger partial charge in [-0.1, -0.05) is 46.8 Å². The van der Waals surface area contributed by atoms with Crippen LogP contribution in [0.5, 0.6) is 0 Å². The zero-order valence-corrected chi connectivity index (χ0v) is 23.6. The van der Waals surface area contributed by atoms with Gasteiger partial charge in [-0.05, 0) is 54.1 Å². The van der Waals surface area contributed by atoms with Crippen LogP contribution in [-0.2, 0) is 20.9 Å². The van der Waals surface area contributed by atoms with Gasteiger partial charge in [-0.15, -0.1) is 0 Å². The summed E-state index contributed by atoms with van der Waals surface area (Å²) in [7, 11) is 0. The molecule has 0 bridgehead atoms. The van der Waals surface area contributed by atoms with Gasteiger partial charge in [0.2, 0.25) is 17.7 Å². The lowest BCUT2D eigenvalue weighted by atomic mass is 9.83. The lowest BCUT2D eigenvalue weighted by molar-refractivity contribution is -0.384. The Morgan fingerprint density at radius 3 is 2.29 bits per heavy atom. The summed E-state index contributed by atoms with van der Waals surface area (Å²) >= 11 is 8.05. The van der Waals surface area contributed by atoms with Crippen molar-refractivity contribution in [3.63, 3.8) is 0 Å². The number of amides is 3. The highest BCUT2D eigenvalue weighted by Gasteiger charge is 2.56. The van der Waals surface area contributed by atoms with Crippen molar-refractivity contribution in [1.82, 2.24) is 4.57 Å². The fourth-order valence-corrected chi connectivity index (χ4v) is 8.04. The molecule has 14 heteroatoms. The third-order valence-corrected chi connectivity index (χ3v) is 9.88. The molecule has 10 nitrogen and oxygen atoms in total. The summed E-state index contributed by atoms with van der Waals surface area (Å²) in [6, 6.07) is 17.1. The molecule has 3 heterocycles. The summed E-state index contributed by atoms with van der Waals surface area (Å²) in [4.78, 5) is 65.4. The van der Waals surface area contributed by atoms with Crippen LogP contribution in [0.1, 0.15) is 16.4 Å². The molecule has 2 unspecified atom stereocenters. The standard InChI is InChI=1S/C28H18ClFN4O6S2/c29-15-3-1-14(2-4-15)21-22-23(26(37)33(25(22)36)18-9-11-19(12-10-18)34(39)40)41-27-24(21)42-28(38)32(27)13-20(35)31-17-7-5-16(30)6-8-17/h1-12,21-23H,13H2,(H,31,35)/t21-,22?,23?/m0/s1. The molecule has 0 aliphatic carbocycles. The first-order valence-corrected chi connectivity index (χ1v) is 14.5. The Labute approximate surface area is 249 Å². The maximum atomic E-state index is 13.9.